The largest absolute Gasteiger partial charge is 0.419 e. The Balaban J connectivity index is 2.28. The normalized spacial score (nSPS) is 10.5. The van der Waals surface area contributed by atoms with E-state index >= 15 is 0 Å². The van der Waals surface area contributed by atoms with Gasteiger partial charge in [-0.1, -0.05) is 17.7 Å². The molecular formula is C15H15ClN2O3. The summed E-state index contributed by atoms with van der Waals surface area (Å²) in [6.45, 7) is 5.23. The number of Topliss-reactive ketones (excluding diaryl/α,β-unsaturated/α-hetero) is 1. The first-order valence-electron chi connectivity index (χ1n) is 6.34. The van der Waals surface area contributed by atoms with E-state index < -0.39 is 11.8 Å². The van der Waals surface area contributed by atoms with Gasteiger partial charge in [0.15, 0.2) is 0 Å². The van der Waals surface area contributed by atoms with Crippen LogP contribution in [0.4, 0.5) is 0 Å². The second kappa shape index (κ2) is 5.69. The maximum Gasteiger partial charge on any atom is 0.385 e. The van der Waals surface area contributed by atoms with Crippen LogP contribution in [0.25, 0.3) is 0 Å². The summed E-state index contributed by atoms with van der Waals surface area (Å²) in [6, 6.07) is 5.01. The zero-order valence-electron chi connectivity index (χ0n) is 12.2. The first-order chi connectivity index (χ1) is 9.81. The molecule has 0 amide bonds. The van der Waals surface area contributed by atoms with Crippen LogP contribution >= 0.6 is 11.6 Å². The van der Waals surface area contributed by atoms with Crippen LogP contribution < -0.4 is 4.74 Å². The van der Waals surface area contributed by atoms with Crippen LogP contribution in [0.5, 0.6) is 5.75 Å². The minimum Gasteiger partial charge on any atom is -0.419 e. The smallest absolute Gasteiger partial charge is 0.385 e. The highest BCUT2D eigenvalue weighted by atomic mass is 35.5. The first-order valence-corrected chi connectivity index (χ1v) is 6.72. The molecule has 2 aromatic rings. The van der Waals surface area contributed by atoms with Crippen LogP contribution in [-0.4, -0.2) is 21.5 Å². The van der Waals surface area contributed by atoms with Crippen LogP contribution in [0.1, 0.15) is 27.3 Å². The van der Waals surface area contributed by atoms with Gasteiger partial charge in [-0.2, -0.15) is 5.10 Å². The number of ether oxygens (including phenoxy) is 1. The molecule has 5 nitrogen and oxygen atoms in total. The summed E-state index contributed by atoms with van der Waals surface area (Å²) in [5.74, 6) is -1.52. The predicted molar refractivity (Wildman–Crippen MR) is 78.8 cm³/mol. The van der Waals surface area contributed by atoms with E-state index in [0.717, 1.165) is 5.56 Å². The Labute approximate surface area is 127 Å². The van der Waals surface area contributed by atoms with Crippen LogP contribution in [0.15, 0.2) is 18.2 Å². The molecule has 0 N–H and O–H groups in total. The topological polar surface area (TPSA) is 61.2 Å². The second-order valence-electron chi connectivity index (χ2n) is 4.82. The third kappa shape index (κ3) is 2.97. The van der Waals surface area contributed by atoms with E-state index in [1.54, 1.807) is 43.8 Å². The first kappa shape index (κ1) is 15.3. The number of rotatable bonds is 3. The Kier molecular flexibility index (Phi) is 4.14. The molecule has 0 atom stereocenters. The van der Waals surface area contributed by atoms with E-state index in [-0.39, 0.29) is 16.3 Å². The van der Waals surface area contributed by atoms with E-state index in [0.29, 0.717) is 11.4 Å². The Morgan fingerprint density at radius 2 is 1.90 bits per heavy atom. The Morgan fingerprint density at radius 3 is 2.48 bits per heavy atom. The van der Waals surface area contributed by atoms with Crippen LogP contribution in [-0.2, 0) is 11.8 Å². The zero-order chi connectivity index (χ0) is 15.7. The Morgan fingerprint density at radius 1 is 1.24 bits per heavy atom. The van der Waals surface area contributed by atoms with E-state index in [1.807, 2.05) is 6.92 Å². The van der Waals surface area contributed by atoms with Gasteiger partial charge in [-0.25, -0.2) is 4.79 Å². The van der Waals surface area contributed by atoms with Gasteiger partial charge in [0, 0.05) is 12.7 Å². The molecule has 0 saturated carbocycles. The average Bonchev–Trinajstić information content (AvgIpc) is 2.67. The van der Waals surface area contributed by atoms with Crippen molar-refractivity contribution in [2.75, 3.05) is 0 Å². The molecule has 110 valence electrons. The van der Waals surface area contributed by atoms with Crippen LogP contribution in [0, 0.1) is 20.8 Å². The molecule has 1 heterocycles. The third-order valence-corrected chi connectivity index (χ3v) is 3.52. The van der Waals surface area contributed by atoms with Crippen molar-refractivity contribution in [2.24, 2.45) is 7.05 Å². The van der Waals surface area contributed by atoms with E-state index in [9.17, 15) is 9.59 Å². The maximum absolute atomic E-state index is 12.2. The van der Waals surface area contributed by atoms with Crippen molar-refractivity contribution in [2.45, 2.75) is 20.8 Å². The van der Waals surface area contributed by atoms with Gasteiger partial charge in [-0.05, 0) is 38.5 Å². The molecule has 0 aliphatic rings. The predicted octanol–water partition coefficient (Wildman–Crippen LogP) is 2.79. The number of esters is 1. The number of carbonyl (C=O) groups is 2. The zero-order valence-corrected chi connectivity index (χ0v) is 13.0. The van der Waals surface area contributed by atoms with E-state index in [4.69, 9.17) is 16.3 Å². The molecule has 0 spiro atoms. The number of nitrogens with zero attached hydrogens (tertiary/aromatic N) is 2. The van der Waals surface area contributed by atoms with Gasteiger partial charge < -0.3 is 4.74 Å². The van der Waals surface area contributed by atoms with Crippen molar-refractivity contribution in [3.05, 3.63) is 45.7 Å². The standard InChI is InChI=1S/C15H15ClN2O3/c1-8-5-6-11(16)12(7-8)21-15(20)14(19)13-9(2)17-18(4)10(13)3/h5-7H,1-4H3. The lowest BCUT2D eigenvalue weighted by atomic mass is 10.1. The lowest BCUT2D eigenvalue weighted by Gasteiger charge is -2.06. The minimum atomic E-state index is -0.971. The summed E-state index contributed by atoms with van der Waals surface area (Å²) in [4.78, 5) is 24.3. The molecule has 6 heteroatoms. The van der Waals surface area contributed by atoms with Gasteiger partial charge >= 0.3 is 5.97 Å². The Bertz CT molecular complexity index is 735. The number of ketones is 1. The molecule has 0 saturated heterocycles. The van der Waals surface area contributed by atoms with Crippen molar-refractivity contribution in [1.29, 1.82) is 0 Å². The Hall–Kier alpha value is -2.14. The SMILES string of the molecule is Cc1ccc(Cl)c(OC(=O)C(=O)c2c(C)nn(C)c2C)c1. The van der Waals surface area contributed by atoms with Gasteiger partial charge in [0.05, 0.1) is 16.3 Å². The summed E-state index contributed by atoms with van der Waals surface area (Å²) in [6.07, 6.45) is 0. The van der Waals surface area contributed by atoms with E-state index in [2.05, 4.69) is 5.10 Å². The van der Waals surface area contributed by atoms with Crippen molar-refractivity contribution in [3.63, 3.8) is 0 Å². The fraction of sp³-hybridized carbons (Fsp3) is 0.267. The summed E-state index contributed by atoms with van der Waals surface area (Å²) in [7, 11) is 1.71. The van der Waals surface area contributed by atoms with Gasteiger partial charge in [0.2, 0.25) is 0 Å². The summed E-state index contributed by atoms with van der Waals surface area (Å²) in [5.41, 5.74) is 2.26. The fourth-order valence-corrected chi connectivity index (χ4v) is 2.20. The van der Waals surface area contributed by atoms with Gasteiger partial charge in [-0.15, -0.1) is 0 Å². The lowest BCUT2D eigenvalue weighted by molar-refractivity contribution is -0.129. The number of carbonyl (C=O) groups excluding carboxylic acids is 2. The molecular weight excluding hydrogens is 292 g/mol. The van der Waals surface area contributed by atoms with E-state index in [1.165, 1.54) is 0 Å². The summed E-state index contributed by atoms with van der Waals surface area (Å²) < 4.78 is 6.66. The molecule has 0 radical (unpaired) electrons. The number of benzene rings is 1. The highest BCUT2D eigenvalue weighted by Gasteiger charge is 2.26. The molecule has 21 heavy (non-hydrogen) atoms. The van der Waals surface area contributed by atoms with Crippen molar-refractivity contribution >= 4 is 23.4 Å². The van der Waals surface area contributed by atoms with Crippen LogP contribution in [0.3, 0.4) is 0 Å². The molecule has 0 bridgehead atoms. The fourth-order valence-electron chi connectivity index (χ4n) is 2.04. The molecule has 1 aromatic heterocycles. The number of hydrogen-bond donors (Lipinski definition) is 0. The second-order valence-corrected chi connectivity index (χ2v) is 5.23. The number of halogens is 1. The monoisotopic (exact) mass is 306 g/mol. The summed E-state index contributed by atoms with van der Waals surface area (Å²) >= 11 is 5.95. The van der Waals surface area contributed by atoms with Gasteiger partial charge in [0.25, 0.3) is 5.78 Å². The molecule has 0 aliphatic heterocycles. The maximum atomic E-state index is 12.2. The summed E-state index contributed by atoms with van der Waals surface area (Å²) in [5, 5.41) is 4.39. The molecule has 1 aromatic carbocycles. The van der Waals surface area contributed by atoms with Crippen molar-refractivity contribution < 1.29 is 14.3 Å². The number of aryl methyl sites for hydroxylation is 3. The number of aromatic nitrogens is 2. The lowest BCUT2D eigenvalue weighted by Crippen LogP contribution is -2.22. The van der Waals surface area contributed by atoms with Crippen molar-refractivity contribution in [1.82, 2.24) is 9.78 Å². The quantitative estimate of drug-likeness (QED) is 0.379. The highest BCUT2D eigenvalue weighted by molar-refractivity contribution is 6.42. The molecule has 0 fully saturated rings. The third-order valence-electron chi connectivity index (χ3n) is 3.21. The number of hydrogen-bond acceptors (Lipinski definition) is 4. The van der Waals surface area contributed by atoms with Gasteiger partial charge in [-0.3, -0.25) is 9.48 Å². The molecule has 0 aliphatic carbocycles. The molecule has 2 rings (SSSR count). The molecule has 0 unspecified atom stereocenters. The van der Waals surface area contributed by atoms with Crippen molar-refractivity contribution in [3.8, 4) is 5.75 Å². The minimum absolute atomic E-state index is 0.175. The van der Waals surface area contributed by atoms with Crippen LogP contribution in [0.2, 0.25) is 5.02 Å². The van der Waals surface area contributed by atoms with Gasteiger partial charge in [0.1, 0.15) is 5.75 Å². The highest BCUT2D eigenvalue weighted by Crippen LogP contribution is 2.26. The average molecular weight is 307 g/mol.